The highest BCUT2D eigenvalue weighted by molar-refractivity contribution is 7.17. The number of fused-ring (bicyclic) bond motifs is 1. The Morgan fingerprint density at radius 2 is 2.42 bits per heavy atom. The number of pyridine rings is 1. The molecule has 0 aliphatic heterocycles. The largest absolute Gasteiger partial charge is 0.310 e. The standard InChI is InChI=1S/C16H20N2S/c1-12(17-10-13-5-3-2-4-6-13)14-9-16-15(18-11-14)7-8-19-16/h2-3,7-9,11-13,17H,4-6,10H2,1H3. The number of hydrogen-bond donors (Lipinski definition) is 1. The third-order valence-electron chi connectivity index (χ3n) is 3.91. The van der Waals surface area contributed by atoms with Gasteiger partial charge in [-0.1, -0.05) is 12.2 Å². The quantitative estimate of drug-likeness (QED) is 0.839. The topological polar surface area (TPSA) is 24.9 Å². The van der Waals surface area contributed by atoms with Crippen LogP contribution in [0.1, 0.15) is 37.8 Å². The minimum absolute atomic E-state index is 0.380. The predicted octanol–water partition coefficient (Wildman–Crippen LogP) is 4.30. The van der Waals surface area contributed by atoms with Gasteiger partial charge in [0.2, 0.25) is 0 Å². The van der Waals surface area contributed by atoms with Crippen molar-refractivity contribution >= 4 is 21.6 Å². The van der Waals surface area contributed by atoms with E-state index in [-0.39, 0.29) is 0 Å². The van der Waals surface area contributed by atoms with Crippen LogP contribution in [0.15, 0.2) is 35.9 Å². The molecular formula is C16H20N2S. The van der Waals surface area contributed by atoms with Gasteiger partial charge in [-0.15, -0.1) is 11.3 Å². The number of rotatable bonds is 4. The average Bonchev–Trinajstić information content (AvgIpc) is 2.93. The maximum absolute atomic E-state index is 4.52. The van der Waals surface area contributed by atoms with Crippen molar-refractivity contribution in [3.05, 3.63) is 41.4 Å². The van der Waals surface area contributed by atoms with Crippen LogP contribution in [-0.4, -0.2) is 11.5 Å². The molecule has 3 rings (SSSR count). The van der Waals surface area contributed by atoms with Crippen molar-refractivity contribution in [1.29, 1.82) is 0 Å². The Bertz CT molecular complexity index is 573. The van der Waals surface area contributed by atoms with Crippen molar-refractivity contribution in [2.45, 2.75) is 32.2 Å². The molecule has 0 radical (unpaired) electrons. The summed E-state index contributed by atoms with van der Waals surface area (Å²) in [6.45, 7) is 3.34. The van der Waals surface area contributed by atoms with E-state index < -0.39 is 0 Å². The number of nitrogens with zero attached hydrogens (tertiary/aromatic N) is 1. The first-order chi connectivity index (χ1) is 9.33. The minimum atomic E-state index is 0.380. The summed E-state index contributed by atoms with van der Waals surface area (Å²) in [6.07, 6.45) is 10.4. The van der Waals surface area contributed by atoms with Gasteiger partial charge in [0, 0.05) is 12.2 Å². The van der Waals surface area contributed by atoms with Gasteiger partial charge >= 0.3 is 0 Å². The van der Waals surface area contributed by atoms with Crippen LogP contribution in [0.25, 0.3) is 10.2 Å². The summed E-state index contributed by atoms with van der Waals surface area (Å²) in [5.74, 6) is 0.797. The van der Waals surface area contributed by atoms with Crippen LogP contribution in [0.2, 0.25) is 0 Å². The van der Waals surface area contributed by atoms with Crippen LogP contribution >= 0.6 is 11.3 Å². The van der Waals surface area contributed by atoms with Crippen molar-refractivity contribution < 1.29 is 0 Å². The normalized spacial score (nSPS) is 20.8. The fraction of sp³-hybridized carbons (Fsp3) is 0.438. The van der Waals surface area contributed by atoms with E-state index in [9.17, 15) is 0 Å². The molecule has 2 nitrogen and oxygen atoms in total. The molecule has 0 saturated heterocycles. The Labute approximate surface area is 118 Å². The first kappa shape index (κ1) is 12.8. The van der Waals surface area contributed by atoms with Gasteiger partial charge in [0.25, 0.3) is 0 Å². The van der Waals surface area contributed by atoms with Gasteiger partial charge in [-0.25, -0.2) is 0 Å². The number of thiophene rings is 1. The second-order valence-corrected chi connectivity index (χ2v) is 6.30. The van der Waals surface area contributed by atoms with Crippen molar-refractivity contribution in [3.63, 3.8) is 0 Å². The summed E-state index contributed by atoms with van der Waals surface area (Å²) in [7, 11) is 0. The van der Waals surface area contributed by atoms with Gasteiger partial charge in [-0.05, 0) is 61.7 Å². The number of allylic oxidation sites excluding steroid dienone is 2. The highest BCUT2D eigenvalue weighted by Gasteiger charge is 2.12. The zero-order chi connectivity index (χ0) is 13.1. The zero-order valence-electron chi connectivity index (χ0n) is 11.3. The molecule has 1 aliphatic rings. The fourth-order valence-corrected chi connectivity index (χ4v) is 3.39. The average molecular weight is 272 g/mol. The molecule has 0 amide bonds. The molecule has 0 fully saturated rings. The first-order valence-corrected chi connectivity index (χ1v) is 7.92. The van der Waals surface area contributed by atoms with E-state index in [2.05, 4.69) is 46.9 Å². The van der Waals surface area contributed by atoms with Crippen molar-refractivity contribution in [1.82, 2.24) is 10.3 Å². The molecule has 2 aromatic heterocycles. The molecule has 0 saturated carbocycles. The summed E-state index contributed by atoms with van der Waals surface area (Å²) < 4.78 is 1.28. The summed E-state index contributed by atoms with van der Waals surface area (Å²) >= 11 is 1.77. The lowest BCUT2D eigenvalue weighted by Crippen LogP contribution is -2.26. The van der Waals surface area contributed by atoms with Gasteiger partial charge in [0.15, 0.2) is 0 Å². The molecule has 2 atom stereocenters. The van der Waals surface area contributed by atoms with Crippen molar-refractivity contribution in [2.75, 3.05) is 6.54 Å². The Morgan fingerprint density at radius 1 is 1.47 bits per heavy atom. The zero-order valence-corrected chi connectivity index (χ0v) is 12.1. The summed E-state index contributed by atoms with van der Waals surface area (Å²) in [4.78, 5) is 4.52. The molecule has 0 aromatic carbocycles. The molecule has 0 spiro atoms. The van der Waals surface area contributed by atoms with Gasteiger partial charge in [0.1, 0.15) is 0 Å². The van der Waals surface area contributed by atoms with Gasteiger partial charge in [-0.3, -0.25) is 4.98 Å². The summed E-state index contributed by atoms with van der Waals surface area (Å²) in [6, 6.07) is 4.73. The molecule has 2 aromatic rings. The SMILES string of the molecule is CC(NCC1CC=CCC1)c1cnc2ccsc2c1. The van der Waals surface area contributed by atoms with Crippen LogP contribution in [-0.2, 0) is 0 Å². The minimum Gasteiger partial charge on any atom is -0.310 e. The van der Waals surface area contributed by atoms with E-state index in [1.54, 1.807) is 11.3 Å². The van der Waals surface area contributed by atoms with Crippen molar-refractivity contribution in [3.8, 4) is 0 Å². The smallest absolute Gasteiger partial charge is 0.0809 e. The fourth-order valence-electron chi connectivity index (χ4n) is 2.60. The lowest BCUT2D eigenvalue weighted by molar-refractivity contribution is 0.415. The Kier molecular flexibility index (Phi) is 3.95. The Morgan fingerprint density at radius 3 is 3.26 bits per heavy atom. The molecule has 0 bridgehead atoms. The maximum Gasteiger partial charge on any atom is 0.0809 e. The second kappa shape index (κ2) is 5.85. The molecule has 3 heteroatoms. The molecule has 100 valence electrons. The molecular weight excluding hydrogens is 252 g/mol. The summed E-state index contributed by atoms with van der Waals surface area (Å²) in [5.41, 5.74) is 2.40. The van der Waals surface area contributed by atoms with Gasteiger partial charge < -0.3 is 5.32 Å². The molecule has 19 heavy (non-hydrogen) atoms. The third kappa shape index (κ3) is 3.04. The molecule has 2 unspecified atom stereocenters. The van der Waals surface area contributed by atoms with Crippen molar-refractivity contribution in [2.24, 2.45) is 5.92 Å². The maximum atomic E-state index is 4.52. The van der Waals surface area contributed by atoms with E-state index in [1.807, 2.05) is 6.20 Å². The monoisotopic (exact) mass is 272 g/mol. The number of nitrogens with one attached hydrogen (secondary N) is 1. The lowest BCUT2D eigenvalue weighted by Gasteiger charge is -2.21. The molecule has 2 heterocycles. The lowest BCUT2D eigenvalue weighted by atomic mass is 9.94. The van der Waals surface area contributed by atoms with E-state index in [0.717, 1.165) is 18.0 Å². The highest BCUT2D eigenvalue weighted by atomic mass is 32.1. The summed E-state index contributed by atoms with van der Waals surface area (Å²) in [5, 5.41) is 5.76. The van der Waals surface area contributed by atoms with Crippen LogP contribution in [0, 0.1) is 5.92 Å². The van der Waals surface area contributed by atoms with Crippen LogP contribution in [0.4, 0.5) is 0 Å². The highest BCUT2D eigenvalue weighted by Crippen LogP contribution is 2.23. The predicted molar refractivity (Wildman–Crippen MR) is 82.5 cm³/mol. The van der Waals surface area contributed by atoms with Crippen LogP contribution < -0.4 is 5.32 Å². The molecule has 1 N–H and O–H groups in total. The third-order valence-corrected chi connectivity index (χ3v) is 4.77. The van der Waals surface area contributed by atoms with Crippen LogP contribution in [0.5, 0.6) is 0 Å². The number of aromatic nitrogens is 1. The second-order valence-electron chi connectivity index (χ2n) is 5.35. The Hall–Kier alpha value is -1.19. The molecule has 1 aliphatic carbocycles. The van der Waals surface area contributed by atoms with E-state index in [1.165, 1.54) is 29.5 Å². The van der Waals surface area contributed by atoms with Crippen LogP contribution in [0.3, 0.4) is 0 Å². The van der Waals surface area contributed by atoms with E-state index >= 15 is 0 Å². The van der Waals surface area contributed by atoms with Gasteiger partial charge in [0.05, 0.1) is 10.2 Å². The van der Waals surface area contributed by atoms with E-state index in [0.29, 0.717) is 6.04 Å². The number of hydrogen-bond acceptors (Lipinski definition) is 3. The van der Waals surface area contributed by atoms with E-state index in [4.69, 9.17) is 0 Å². The first-order valence-electron chi connectivity index (χ1n) is 7.04. The van der Waals surface area contributed by atoms with Gasteiger partial charge in [-0.2, -0.15) is 0 Å². The Balaban J connectivity index is 1.62.